The van der Waals surface area contributed by atoms with Gasteiger partial charge in [0.15, 0.2) is 0 Å². The van der Waals surface area contributed by atoms with Crippen molar-refractivity contribution in [2.75, 3.05) is 25.1 Å². The summed E-state index contributed by atoms with van der Waals surface area (Å²) in [6.45, 7) is 6.28. The molecule has 152 valence electrons. The van der Waals surface area contributed by atoms with Crippen molar-refractivity contribution in [3.05, 3.63) is 52.5 Å². The molecule has 1 N–H and O–H groups in total. The first-order valence-electron chi connectivity index (χ1n) is 9.51. The van der Waals surface area contributed by atoms with Crippen LogP contribution < -0.4 is 14.4 Å². The molecule has 1 aliphatic rings. The predicted molar refractivity (Wildman–Crippen MR) is 116 cm³/mol. The Morgan fingerprint density at radius 3 is 2.57 bits per heavy atom. The second kappa shape index (κ2) is 8.84. The van der Waals surface area contributed by atoms with Crippen LogP contribution in [0.15, 0.2) is 51.8 Å². The zero-order valence-electron chi connectivity index (χ0n) is 16.5. The molecule has 0 radical (unpaired) electrons. The van der Waals surface area contributed by atoms with Gasteiger partial charge in [0.1, 0.15) is 10.6 Å². The van der Waals surface area contributed by atoms with Crippen LogP contribution in [0.2, 0.25) is 0 Å². The molecule has 2 aromatic rings. The lowest BCUT2D eigenvalue weighted by Crippen LogP contribution is -2.34. The molecule has 28 heavy (non-hydrogen) atoms. The van der Waals surface area contributed by atoms with E-state index in [2.05, 4.69) is 44.6 Å². The van der Waals surface area contributed by atoms with E-state index in [-0.39, 0.29) is 10.9 Å². The number of hydrogen-bond acceptors (Lipinski definition) is 4. The summed E-state index contributed by atoms with van der Waals surface area (Å²) >= 11 is 3.33. The van der Waals surface area contributed by atoms with E-state index in [9.17, 15) is 8.42 Å². The van der Waals surface area contributed by atoms with Crippen LogP contribution in [0, 0.1) is 5.92 Å². The molecule has 3 rings (SSSR count). The molecule has 0 aromatic heterocycles. The van der Waals surface area contributed by atoms with Crippen LogP contribution in [0.3, 0.4) is 0 Å². The van der Waals surface area contributed by atoms with E-state index < -0.39 is 10.0 Å². The summed E-state index contributed by atoms with van der Waals surface area (Å²) < 4.78 is 34.4. The minimum absolute atomic E-state index is 0.121. The largest absolute Gasteiger partial charge is 0.495 e. The third kappa shape index (κ3) is 4.88. The van der Waals surface area contributed by atoms with Gasteiger partial charge < -0.3 is 9.64 Å². The maximum atomic E-state index is 12.9. The van der Waals surface area contributed by atoms with Crippen molar-refractivity contribution in [3.63, 3.8) is 0 Å². The van der Waals surface area contributed by atoms with E-state index >= 15 is 0 Å². The van der Waals surface area contributed by atoms with Gasteiger partial charge in [0.05, 0.1) is 7.11 Å². The zero-order chi connectivity index (χ0) is 20.3. The molecule has 0 aliphatic carbocycles. The topological polar surface area (TPSA) is 58.6 Å². The lowest BCUT2D eigenvalue weighted by molar-refractivity contribution is 0.402. The number of benzene rings is 2. The van der Waals surface area contributed by atoms with Gasteiger partial charge in [0.2, 0.25) is 10.0 Å². The normalized spacial score (nSPS) is 18.7. The highest BCUT2D eigenvalue weighted by atomic mass is 79.9. The predicted octanol–water partition coefficient (Wildman–Crippen LogP) is 4.73. The van der Waals surface area contributed by atoms with Crippen LogP contribution in [-0.2, 0) is 10.0 Å². The van der Waals surface area contributed by atoms with Crippen molar-refractivity contribution in [1.29, 1.82) is 0 Å². The Morgan fingerprint density at radius 2 is 1.93 bits per heavy atom. The molecule has 0 amide bonds. The molecule has 1 saturated heterocycles. The van der Waals surface area contributed by atoms with E-state index in [4.69, 9.17) is 4.74 Å². The first-order valence-corrected chi connectivity index (χ1v) is 11.8. The van der Waals surface area contributed by atoms with E-state index in [1.54, 1.807) is 18.2 Å². The lowest BCUT2D eigenvalue weighted by Gasteiger charge is -2.33. The van der Waals surface area contributed by atoms with Crippen LogP contribution in [0.5, 0.6) is 5.75 Å². The Hall–Kier alpha value is -1.57. The molecule has 0 bridgehead atoms. The average molecular weight is 467 g/mol. The Bertz CT molecular complexity index is 916. The summed E-state index contributed by atoms with van der Waals surface area (Å²) in [6.07, 6.45) is 2.50. The smallest absolute Gasteiger partial charge is 0.244 e. The van der Waals surface area contributed by atoms with Gasteiger partial charge in [-0.1, -0.05) is 35.0 Å². The summed E-state index contributed by atoms with van der Waals surface area (Å²) in [5.74, 6) is 1.02. The number of halogens is 1. The highest BCUT2D eigenvalue weighted by molar-refractivity contribution is 9.10. The van der Waals surface area contributed by atoms with Gasteiger partial charge in [-0.2, -0.15) is 0 Å². The molecule has 1 aliphatic heterocycles. The van der Waals surface area contributed by atoms with Crippen LogP contribution in [0.25, 0.3) is 0 Å². The fraction of sp³-hybridized carbons (Fsp3) is 0.429. The molecule has 5 nitrogen and oxygen atoms in total. The standard InChI is InChI=1S/C21H27BrN2O3S/c1-15-5-4-12-24(14-15)19-9-6-17(7-10-19)16(2)23-28(25,26)21-13-18(22)8-11-20(21)27-3/h6-11,13,15-16,23H,4-5,12,14H2,1-3H3/t15-,16-/m0/s1. The minimum atomic E-state index is -3.73. The number of sulfonamides is 1. The molecular weight excluding hydrogens is 440 g/mol. The summed E-state index contributed by atoms with van der Waals surface area (Å²) in [7, 11) is -2.26. The first-order chi connectivity index (χ1) is 13.3. The first kappa shape index (κ1) is 21.1. The van der Waals surface area contributed by atoms with Crippen LogP contribution in [0.4, 0.5) is 5.69 Å². The van der Waals surface area contributed by atoms with Gasteiger partial charge in [0, 0.05) is 29.3 Å². The fourth-order valence-corrected chi connectivity index (χ4v) is 5.56. The van der Waals surface area contributed by atoms with Gasteiger partial charge in [-0.05, 0) is 61.6 Å². The number of nitrogens with zero attached hydrogens (tertiary/aromatic N) is 1. The van der Waals surface area contributed by atoms with Crippen LogP contribution in [0.1, 0.15) is 38.3 Å². The van der Waals surface area contributed by atoms with Crippen molar-refractivity contribution in [2.45, 2.75) is 37.6 Å². The van der Waals surface area contributed by atoms with Crippen molar-refractivity contribution >= 4 is 31.6 Å². The van der Waals surface area contributed by atoms with Gasteiger partial charge in [-0.3, -0.25) is 0 Å². The number of methoxy groups -OCH3 is 1. The second-order valence-corrected chi connectivity index (χ2v) is 10.0. The van der Waals surface area contributed by atoms with E-state index in [1.165, 1.54) is 25.6 Å². The molecule has 1 fully saturated rings. The van der Waals surface area contributed by atoms with E-state index in [1.807, 2.05) is 19.1 Å². The van der Waals surface area contributed by atoms with E-state index in [0.29, 0.717) is 16.1 Å². The molecule has 1 heterocycles. The monoisotopic (exact) mass is 466 g/mol. The SMILES string of the molecule is COc1ccc(Br)cc1S(=O)(=O)N[C@@H](C)c1ccc(N2CCC[C@H](C)C2)cc1. The summed E-state index contributed by atoms with van der Waals surface area (Å²) in [4.78, 5) is 2.52. The Kier molecular flexibility index (Phi) is 6.68. The summed E-state index contributed by atoms with van der Waals surface area (Å²) in [5, 5.41) is 0. The fourth-order valence-electron chi connectivity index (χ4n) is 3.62. The van der Waals surface area contributed by atoms with Crippen LogP contribution >= 0.6 is 15.9 Å². The van der Waals surface area contributed by atoms with Crippen molar-refractivity contribution < 1.29 is 13.2 Å². The highest BCUT2D eigenvalue weighted by Gasteiger charge is 2.23. The lowest BCUT2D eigenvalue weighted by atomic mass is 9.99. The van der Waals surface area contributed by atoms with Gasteiger partial charge >= 0.3 is 0 Å². The van der Waals surface area contributed by atoms with Gasteiger partial charge in [-0.15, -0.1) is 0 Å². The van der Waals surface area contributed by atoms with Crippen molar-refractivity contribution in [3.8, 4) is 5.75 Å². The number of anilines is 1. The number of rotatable bonds is 6. The quantitative estimate of drug-likeness (QED) is 0.667. The Balaban J connectivity index is 1.75. The molecule has 0 saturated carbocycles. The number of hydrogen-bond donors (Lipinski definition) is 1. The maximum Gasteiger partial charge on any atom is 0.244 e. The Labute approximate surface area is 176 Å². The molecule has 7 heteroatoms. The molecular formula is C21H27BrN2O3S. The minimum Gasteiger partial charge on any atom is -0.495 e. The summed E-state index contributed by atoms with van der Waals surface area (Å²) in [6, 6.07) is 12.7. The van der Waals surface area contributed by atoms with Crippen LogP contribution in [-0.4, -0.2) is 28.6 Å². The number of piperidine rings is 1. The van der Waals surface area contributed by atoms with Gasteiger partial charge in [-0.25, -0.2) is 13.1 Å². The second-order valence-electron chi connectivity index (χ2n) is 7.42. The zero-order valence-corrected chi connectivity index (χ0v) is 18.9. The Morgan fingerprint density at radius 1 is 1.21 bits per heavy atom. The van der Waals surface area contributed by atoms with Gasteiger partial charge in [0.25, 0.3) is 0 Å². The molecule has 0 unspecified atom stereocenters. The molecule has 2 atom stereocenters. The number of nitrogens with one attached hydrogen (secondary N) is 1. The third-order valence-corrected chi connectivity index (χ3v) is 7.22. The third-order valence-electron chi connectivity index (χ3n) is 5.16. The highest BCUT2D eigenvalue weighted by Crippen LogP contribution is 2.29. The van der Waals surface area contributed by atoms with Crippen molar-refractivity contribution in [2.24, 2.45) is 5.92 Å². The summed E-state index contributed by atoms with van der Waals surface area (Å²) in [5.41, 5.74) is 2.12. The van der Waals surface area contributed by atoms with E-state index in [0.717, 1.165) is 18.7 Å². The number of ether oxygens (including phenoxy) is 1. The molecule has 2 aromatic carbocycles. The maximum absolute atomic E-state index is 12.9. The van der Waals surface area contributed by atoms with Crippen molar-refractivity contribution in [1.82, 2.24) is 4.72 Å². The average Bonchev–Trinajstić information content (AvgIpc) is 2.68. The molecule has 0 spiro atoms.